The minimum atomic E-state index is -0.354. The highest BCUT2D eigenvalue weighted by molar-refractivity contribution is 5.94. The molecule has 5 heteroatoms. The predicted octanol–water partition coefficient (Wildman–Crippen LogP) is 3.63. The van der Waals surface area contributed by atoms with Crippen LogP contribution < -0.4 is 4.74 Å². The van der Waals surface area contributed by atoms with Crippen LogP contribution in [-0.2, 0) is 0 Å². The maximum Gasteiger partial charge on any atom is 0.253 e. The maximum atomic E-state index is 13.6. The average molecular weight is 338 g/mol. The van der Waals surface area contributed by atoms with E-state index in [0.717, 1.165) is 12.8 Å². The number of amides is 1. The van der Waals surface area contributed by atoms with Crippen LogP contribution in [0.25, 0.3) is 0 Å². The number of hydrogen-bond acceptors (Lipinski definition) is 3. The zero-order chi connectivity index (χ0) is 17.6. The topological polar surface area (TPSA) is 53.3 Å². The minimum Gasteiger partial charge on any atom is -0.490 e. The van der Waals surface area contributed by atoms with Crippen LogP contribution in [0.15, 0.2) is 48.5 Å². The van der Waals surface area contributed by atoms with Gasteiger partial charge in [0.2, 0.25) is 0 Å². The highest BCUT2D eigenvalue weighted by atomic mass is 19.1. The Labute approximate surface area is 146 Å². The Hall–Kier alpha value is -2.87. The molecule has 25 heavy (non-hydrogen) atoms. The van der Waals surface area contributed by atoms with Crippen molar-refractivity contribution in [3.63, 3.8) is 0 Å². The summed E-state index contributed by atoms with van der Waals surface area (Å²) in [6, 6.07) is 15.2. The number of ether oxygens (including phenoxy) is 1. The molecule has 1 amide bonds. The molecule has 0 N–H and O–H groups in total. The molecule has 1 aliphatic heterocycles. The van der Waals surface area contributed by atoms with Crippen molar-refractivity contribution >= 4 is 5.91 Å². The quantitative estimate of drug-likeness (QED) is 0.855. The number of nitrogens with zero attached hydrogens (tertiary/aromatic N) is 2. The number of hydrogen-bond donors (Lipinski definition) is 0. The second-order valence-electron chi connectivity index (χ2n) is 6.17. The van der Waals surface area contributed by atoms with Gasteiger partial charge in [0.25, 0.3) is 5.91 Å². The largest absolute Gasteiger partial charge is 0.490 e. The molecule has 2 aromatic carbocycles. The normalized spacial score (nSPS) is 14.8. The Kier molecular flexibility index (Phi) is 5.30. The zero-order valence-electron chi connectivity index (χ0n) is 13.8. The predicted molar refractivity (Wildman–Crippen MR) is 91.7 cm³/mol. The second kappa shape index (κ2) is 7.80. The molecular weight excluding hydrogens is 319 g/mol. The summed E-state index contributed by atoms with van der Waals surface area (Å²) in [4.78, 5) is 14.3. The Morgan fingerprint density at radius 3 is 2.68 bits per heavy atom. The van der Waals surface area contributed by atoms with Crippen LogP contribution in [0.1, 0.15) is 28.8 Å². The first kappa shape index (κ1) is 17.0. The molecule has 1 saturated heterocycles. The monoisotopic (exact) mass is 338 g/mol. The smallest absolute Gasteiger partial charge is 0.253 e. The number of carbonyl (C=O) groups is 1. The molecule has 4 nitrogen and oxygen atoms in total. The highest BCUT2D eigenvalue weighted by Crippen LogP contribution is 2.22. The maximum absolute atomic E-state index is 13.6. The van der Waals surface area contributed by atoms with E-state index in [1.807, 2.05) is 0 Å². The lowest BCUT2D eigenvalue weighted by atomic mass is 9.97. The molecule has 0 spiro atoms. The van der Waals surface area contributed by atoms with E-state index in [-0.39, 0.29) is 17.5 Å². The second-order valence-corrected chi connectivity index (χ2v) is 6.17. The molecular formula is C20H19FN2O2. The number of benzene rings is 2. The first-order valence-electron chi connectivity index (χ1n) is 8.34. The van der Waals surface area contributed by atoms with Gasteiger partial charge in [0, 0.05) is 18.7 Å². The summed E-state index contributed by atoms with van der Waals surface area (Å²) in [5.74, 6) is 0.168. The molecule has 3 rings (SSSR count). The van der Waals surface area contributed by atoms with Gasteiger partial charge in [-0.1, -0.05) is 18.2 Å². The van der Waals surface area contributed by atoms with E-state index in [1.54, 1.807) is 47.4 Å². The molecule has 0 aliphatic carbocycles. The van der Waals surface area contributed by atoms with Crippen molar-refractivity contribution in [2.75, 3.05) is 19.7 Å². The van der Waals surface area contributed by atoms with Gasteiger partial charge in [0.15, 0.2) is 11.6 Å². The molecule has 0 bridgehead atoms. The minimum absolute atomic E-state index is 0.0504. The number of para-hydroxylation sites is 1. The fraction of sp³-hybridized carbons (Fsp3) is 0.300. The van der Waals surface area contributed by atoms with Gasteiger partial charge >= 0.3 is 0 Å². The summed E-state index contributed by atoms with van der Waals surface area (Å²) in [6.45, 7) is 1.73. The molecule has 0 atom stereocenters. The van der Waals surface area contributed by atoms with Gasteiger partial charge in [0.1, 0.15) is 0 Å². The van der Waals surface area contributed by atoms with E-state index in [0.29, 0.717) is 36.7 Å². The standard InChI is InChI=1S/C20H19FN2O2/c21-18-6-1-2-7-19(18)25-14-15-8-10-23(11-9-15)20(24)17-5-3-4-16(12-17)13-22/h1-7,12,15H,8-11,14H2. The van der Waals surface area contributed by atoms with Crippen molar-refractivity contribution in [2.24, 2.45) is 5.92 Å². The first-order chi connectivity index (χ1) is 12.2. The van der Waals surface area contributed by atoms with Crippen LogP contribution in [0, 0.1) is 23.1 Å². The molecule has 2 aromatic rings. The molecule has 0 aromatic heterocycles. The number of nitriles is 1. The van der Waals surface area contributed by atoms with Gasteiger partial charge in [-0.2, -0.15) is 5.26 Å². The van der Waals surface area contributed by atoms with Crippen LogP contribution in [0.5, 0.6) is 5.75 Å². The highest BCUT2D eigenvalue weighted by Gasteiger charge is 2.24. The molecule has 0 unspecified atom stereocenters. The summed E-state index contributed by atoms with van der Waals surface area (Å²) >= 11 is 0. The summed E-state index contributed by atoms with van der Waals surface area (Å²) in [7, 11) is 0. The third-order valence-corrected chi connectivity index (χ3v) is 4.45. The SMILES string of the molecule is N#Cc1cccc(C(=O)N2CCC(COc3ccccc3F)CC2)c1. The van der Waals surface area contributed by atoms with Gasteiger partial charge in [0.05, 0.1) is 18.2 Å². The van der Waals surface area contributed by atoms with Gasteiger partial charge in [-0.15, -0.1) is 0 Å². The van der Waals surface area contributed by atoms with Gasteiger partial charge in [-0.3, -0.25) is 4.79 Å². The number of carbonyl (C=O) groups excluding carboxylic acids is 1. The fourth-order valence-corrected chi connectivity index (χ4v) is 2.98. The first-order valence-corrected chi connectivity index (χ1v) is 8.34. The van der Waals surface area contributed by atoms with Crippen LogP contribution in [0.3, 0.4) is 0 Å². The van der Waals surface area contributed by atoms with Crippen molar-refractivity contribution < 1.29 is 13.9 Å². The summed E-state index contributed by atoms with van der Waals surface area (Å²) < 4.78 is 19.1. The summed E-state index contributed by atoms with van der Waals surface area (Å²) in [5, 5.41) is 8.95. The van der Waals surface area contributed by atoms with Gasteiger partial charge in [-0.05, 0) is 49.1 Å². The van der Waals surface area contributed by atoms with Crippen LogP contribution in [0.2, 0.25) is 0 Å². The van der Waals surface area contributed by atoms with Crippen LogP contribution in [0.4, 0.5) is 4.39 Å². The summed E-state index contributed by atoms with van der Waals surface area (Å²) in [5.41, 5.74) is 1.03. The number of piperidine rings is 1. The third-order valence-electron chi connectivity index (χ3n) is 4.45. The van der Waals surface area contributed by atoms with E-state index in [9.17, 15) is 9.18 Å². The fourth-order valence-electron chi connectivity index (χ4n) is 2.98. The van der Waals surface area contributed by atoms with Gasteiger partial charge in [-0.25, -0.2) is 4.39 Å². The van der Waals surface area contributed by atoms with Crippen molar-refractivity contribution in [2.45, 2.75) is 12.8 Å². The molecule has 0 saturated carbocycles. The molecule has 1 aliphatic rings. The Balaban J connectivity index is 1.52. The molecule has 128 valence electrons. The van der Waals surface area contributed by atoms with Crippen molar-refractivity contribution in [3.05, 3.63) is 65.5 Å². The van der Waals surface area contributed by atoms with E-state index in [2.05, 4.69) is 6.07 Å². The molecule has 1 fully saturated rings. The van der Waals surface area contributed by atoms with Crippen LogP contribution >= 0.6 is 0 Å². The summed E-state index contributed by atoms with van der Waals surface area (Å²) in [6.07, 6.45) is 1.64. The average Bonchev–Trinajstić information content (AvgIpc) is 2.67. The lowest BCUT2D eigenvalue weighted by molar-refractivity contribution is 0.0660. The molecule has 0 radical (unpaired) electrons. The lowest BCUT2D eigenvalue weighted by Gasteiger charge is -2.32. The Morgan fingerprint density at radius 1 is 1.20 bits per heavy atom. The van der Waals surface area contributed by atoms with E-state index < -0.39 is 0 Å². The lowest BCUT2D eigenvalue weighted by Crippen LogP contribution is -2.39. The zero-order valence-corrected chi connectivity index (χ0v) is 13.8. The van der Waals surface area contributed by atoms with Crippen molar-refractivity contribution in [1.82, 2.24) is 4.90 Å². The molecule has 1 heterocycles. The number of halogens is 1. The van der Waals surface area contributed by atoms with Crippen molar-refractivity contribution in [1.29, 1.82) is 5.26 Å². The Morgan fingerprint density at radius 2 is 1.96 bits per heavy atom. The third kappa shape index (κ3) is 4.16. The van der Waals surface area contributed by atoms with Crippen molar-refractivity contribution in [3.8, 4) is 11.8 Å². The van der Waals surface area contributed by atoms with E-state index in [1.165, 1.54) is 6.07 Å². The van der Waals surface area contributed by atoms with Crippen LogP contribution in [-0.4, -0.2) is 30.5 Å². The van der Waals surface area contributed by atoms with E-state index in [4.69, 9.17) is 10.00 Å². The van der Waals surface area contributed by atoms with E-state index >= 15 is 0 Å². The number of rotatable bonds is 4. The Bertz CT molecular complexity index is 792. The number of likely N-dealkylation sites (tertiary alicyclic amines) is 1. The van der Waals surface area contributed by atoms with Gasteiger partial charge < -0.3 is 9.64 Å².